The molecule has 1 fully saturated rings. The fraction of sp³-hybridized carbons (Fsp3) is 0.579. The average molecular weight is 334 g/mol. The number of hydrogen-bond acceptors (Lipinski definition) is 2. The molecule has 132 valence electrons. The first-order chi connectivity index (χ1) is 11.5. The molecule has 1 heterocycles. The predicted octanol–water partition coefficient (Wildman–Crippen LogP) is 2.87. The van der Waals surface area contributed by atoms with E-state index in [4.69, 9.17) is 0 Å². The van der Waals surface area contributed by atoms with Crippen LogP contribution in [0.3, 0.4) is 0 Å². The molecule has 1 aliphatic heterocycles. The predicted molar refractivity (Wildman–Crippen MR) is 92.0 cm³/mol. The zero-order chi connectivity index (χ0) is 17.5. The van der Waals surface area contributed by atoms with Crippen molar-refractivity contribution in [1.82, 2.24) is 9.80 Å². The van der Waals surface area contributed by atoms with Crippen LogP contribution in [0.25, 0.3) is 0 Å². The summed E-state index contributed by atoms with van der Waals surface area (Å²) in [6.07, 6.45) is 3.04. The van der Waals surface area contributed by atoms with E-state index in [1.807, 2.05) is 11.8 Å². The largest absolute Gasteiger partial charge is 0.343 e. The Balaban J connectivity index is 1.87. The van der Waals surface area contributed by atoms with Crippen molar-refractivity contribution >= 4 is 11.8 Å². The summed E-state index contributed by atoms with van der Waals surface area (Å²) in [4.78, 5) is 28.4. The van der Waals surface area contributed by atoms with Crippen LogP contribution in [0.5, 0.6) is 0 Å². The summed E-state index contributed by atoms with van der Waals surface area (Å²) in [5.41, 5.74) is 0.997. The Morgan fingerprint density at radius 3 is 2.62 bits per heavy atom. The second-order valence-electron chi connectivity index (χ2n) is 6.39. The van der Waals surface area contributed by atoms with Crippen molar-refractivity contribution in [2.45, 2.75) is 39.5 Å². The minimum atomic E-state index is -0.256. The van der Waals surface area contributed by atoms with Gasteiger partial charge in [-0.3, -0.25) is 9.59 Å². The Kier molecular flexibility index (Phi) is 6.76. The maximum absolute atomic E-state index is 12.9. The highest BCUT2D eigenvalue weighted by molar-refractivity contribution is 5.89. The second-order valence-corrected chi connectivity index (χ2v) is 6.39. The SMILES string of the molecule is CCCCN(CC)C(=O)[C@H]1CC(=O)N(CCc2ccc(F)cc2)C1. The molecule has 1 aromatic carbocycles. The van der Waals surface area contributed by atoms with Gasteiger partial charge in [0.15, 0.2) is 0 Å². The van der Waals surface area contributed by atoms with E-state index in [-0.39, 0.29) is 23.5 Å². The van der Waals surface area contributed by atoms with Crippen molar-refractivity contribution < 1.29 is 14.0 Å². The number of halogens is 1. The maximum atomic E-state index is 12.9. The molecule has 0 unspecified atom stereocenters. The topological polar surface area (TPSA) is 40.6 Å². The Bertz CT molecular complexity index is 559. The molecule has 2 rings (SSSR count). The molecule has 2 amide bonds. The number of unbranched alkanes of at least 4 members (excludes halogenated alkanes) is 1. The monoisotopic (exact) mass is 334 g/mol. The average Bonchev–Trinajstić information content (AvgIpc) is 2.96. The van der Waals surface area contributed by atoms with Gasteiger partial charge in [0.05, 0.1) is 5.92 Å². The van der Waals surface area contributed by atoms with Crippen LogP contribution in [0.2, 0.25) is 0 Å². The van der Waals surface area contributed by atoms with Crippen LogP contribution in [0.15, 0.2) is 24.3 Å². The first kappa shape index (κ1) is 18.4. The van der Waals surface area contributed by atoms with Gasteiger partial charge in [-0.25, -0.2) is 4.39 Å². The summed E-state index contributed by atoms with van der Waals surface area (Å²) in [5, 5.41) is 0. The van der Waals surface area contributed by atoms with Crippen molar-refractivity contribution in [1.29, 1.82) is 0 Å². The van der Waals surface area contributed by atoms with Gasteiger partial charge in [-0.2, -0.15) is 0 Å². The van der Waals surface area contributed by atoms with Crippen molar-refractivity contribution in [3.63, 3.8) is 0 Å². The molecule has 0 spiro atoms. The third-order valence-corrected chi connectivity index (χ3v) is 4.62. The van der Waals surface area contributed by atoms with Crippen LogP contribution in [-0.2, 0) is 16.0 Å². The number of amides is 2. The molecular weight excluding hydrogens is 307 g/mol. The lowest BCUT2D eigenvalue weighted by molar-refractivity contribution is -0.135. The van der Waals surface area contributed by atoms with Gasteiger partial charge in [-0.05, 0) is 37.5 Å². The highest BCUT2D eigenvalue weighted by atomic mass is 19.1. The summed E-state index contributed by atoms with van der Waals surface area (Å²) in [7, 11) is 0. The molecule has 0 bridgehead atoms. The number of carbonyl (C=O) groups excluding carboxylic acids is 2. The van der Waals surface area contributed by atoms with Crippen LogP contribution < -0.4 is 0 Å². The van der Waals surface area contributed by atoms with E-state index in [9.17, 15) is 14.0 Å². The number of benzene rings is 1. The van der Waals surface area contributed by atoms with Gasteiger partial charge < -0.3 is 9.80 Å². The number of nitrogens with zero attached hydrogens (tertiary/aromatic N) is 2. The molecule has 1 aromatic rings. The van der Waals surface area contributed by atoms with E-state index in [0.29, 0.717) is 32.5 Å². The van der Waals surface area contributed by atoms with Crippen LogP contribution in [0.4, 0.5) is 4.39 Å². The van der Waals surface area contributed by atoms with E-state index < -0.39 is 0 Å². The molecule has 0 N–H and O–H groups in total. The fourth-order valence-corrected chi connectivity index (χ4v) is 3.10. The molecule has 5 heteroatoms. The highest BCUT2D eigenvalue weighted by Crippen LogP contribution is 2.21. The van der Waals surface area contributed by atoms with Crippen LogP contribution in [0.1, 0.15) is 38.7 Å². The molecule has 1 saturated heterocycles. The molecule has 0 aliphatic carbocycles. The summed E-state index contributed by atoms with van der Waals surface area (Å²) < 4.78 is 12.9. The summed E-state index contributed by atoms with van der Waals surface area (Å²) in [6, 6.07) is 6.34. The van der Waals surface area contributed by atoms with Crippen molar-refractivity contribution in [3.8, 4) is 0 Å². The van der Waals surface area contributed by atoms with Gasteiger partial charge in [-0.15, -0.1) is 0 Å². The fourth-order valence-electron chi connectivity index (χ4n) is 3.10. The van der Waals surface area contributed by atoms with Gasteiger partial charge >= 0.3 is 0 Å². The van der Waals surface area contributed by atoms with E-state index in [1.165, 1.54) is 12.1 Å². The summed E-state index contributed by atoms with van der Waals surface area (Å²) in [6.45, 7) is 6.63. The smallest absolute Gasteiger partial charge is 0.227 e. The normalized spacial score (nSPS) is 17.4. The van der Waals surface area contributed by atoms with Gasteiger partial charge in [0.25, 0.3) is 0 Å². The molecule has 0 radical (unpaired) electrons. The molecule has 0 aromatic heterocycles. The number of rotatable bonds is 8. The summed E-state index contributed by atoms with van der Waals surface area (Å²) >= 11 is 0. The number of carbonyl (C=O) groups is 2. The first-order valence-electron chi connectivity index (χ1n) is 8.86. The third-order valence-electron chi connectivity index (χ3n) is 4.62. The Morgan fingerprint density at radius 1 is 1.29 bits per heavy atom. The standard InChI is InChI=1S/C19H27FN2O2/c1-3-5-11-21(4-2)19(24)16-13-18(23)22(14-16)12-10-15-6-8-17(20)9-7-15/h6-9,16H,3-5,10-14H2,1-2H3/t16-/m0/s1. The number of hydrogen-bond donors (Lipinski definition) is 0. The lowest BCUT2D eigenvalue weighted by Gasteiger charge is -2.24. The van der Waals surface area contributed by atoms with E-state index >= 15 is 0 Å². The number of likely N-dealkylation sites (tertiary alicyclic amines) is 1. The molecule has 1 atom stereocenters. The third kappa shape index (κ3) is 4.79. The van der Waals surface area contributed by atoms with Crippen molar-refractivity contribution in [3.05, 3.63) is 35.6 Å². The van der Waals surface area contributed by atoms with E-state index in [2.05, 4.69) is 6.92 Å². The van der Waals surface area contributed by atoms with Gasteiger partial charge in [0.1, 0.15) is 5.82 Å². The van der Waals surface area contributed by atoms with Crippen molar-refractivity contribution in [2.24, 2.45) is 5.92 Å². The van der Waals surface area contributed by atoms with Gasteiger partial charge in [0, 0.05) is 32.6 Å². The van der Waals surface area contributed by atoms with Gasteiger partial charge in [-0.1, -0.05) is 25.5 Å². The van der Waals surface area contributed by atoms with Crippen molar-refractivity contribution in [2.75, 3.05) is 26.2 Å². The van der Waals surface area contributed by atoms with Crippen LogP contribution in [0, 0.1) is 11.7 Å². The van der Waals surface area contributed by atoms with E-state index in [0.717, 1.165) is 24.9 Å². The minimum Gasteiger partial charge on any atom is -0.343 e. The van der Waals surface area contributed by atoms with E-state index in [1.54, 1.807) is 17.0 Å². The Hall–Kier alpha value is -1.91. The molecule has 4 nitrogen and oxygen atoms in total. The zero-order valence-electron chi connectivity index (χ0n) is 14.6. The lowest BCUT2D eigenvalue weighted by atomic mass is 10.1. The zero-order valence-corrected chi connectivity index (χ0v) is 14.6. The first-order valence-corrected chi connectivity index (χ1v) is 8.86. The lowest BCUT2D eigenvalue weighted by Crippen LogP contribution is -2.38. The highest BCUT2D eigenvalue weighted by Gasteiger charge is 2.35. The Morgan fingerprint density at radius 2 is 2.00 bits per heavy atom. The molecule has 1 aliphatic rings. The quantitative estimate of drug-likeness (QED) is 0.733. The molecular formula is C19H27FN2O2. The summed E-state index contributed by atoms with van der Waals surface area (Å²) in [5.74, 6) is -0.332. The van der Waals surface area contributed by atoms with Gasteiger partial charge in [0.2, 0.25) is 11.8 Å². The minimum absolute atomic E-state index is 0.0435. The molecule has 0 saturated carbocycles. The maximum Gasteiger partial charge on any atom is 0.227 e. The second kappa shape index (κ2) is 8.81. The van der Waals surface area contributed by atoms with Crippen LogP contribution >= 0.6 is 0 Å². The van der Waals surface area contributed by atoms with Crippen LogP contribution in [-0.4, -0.2) is 47.8 Å². The Labute approximate surface area is 143 Å². The molecule has 24 heavy (non-hydrogen) atoms.